The maximum Gasteiger partial charge on any atom is 0.405 e. The Hall–Kier alpha value is -3.23. The van der Waals surface area contributed by atoms with E-state index in [2.05, 4.69) is 19.6 Å². The lowest BCUT2D eigenvalue weighted by Crippen LogP contribution is -2.60. The molecule has 38 heavy (non-hydrogen) atoms. The molecule has 1 spiro atoms. The molecule has 0 atom stereocenters. The van der Waals surface area contributed by atoms with Crippen LogP contribution < -0.4 is 15.4 Å². The van der Waals surface area contributed by atoms with Crippen LogP contribution in [-0.4, -0.2) is 64.1 Å². The second-order valence-electron chi connectivity index (χ2n) is 9.14. The Balaban J connectivity index is 1.37. The van der Waals surface area contributed by atoms with Gasteiger partial charge in [0.15, 0.2) is 6.61 Å². The van der Waals surface area contributed by atoms with Crippen molar-refractivity contribution in [2.75, 3.05) is 43.2 Å². The highest BCUT2D eigenvalue weighted by molar-refractivity contribution is 7.95. The topological polar surface area (TPSA) is 115 Å². The highest BCUT2D eigenvalue weighted by Crippen LogP contribution is 2.43. The zero-order valence-corrected chi connectivity index (χ0v) is 21.1. The number of alkyl halides is 3. The van der Waals surface area contributed by atoms with Crippen molar-refractivity contribution >= 4 is 55.3 Å². The third kappa shape index (κ3) is 5.76. The van der Waals surface area contributed by atoms with Gasteiger partial charge in [0.1, 0.15) is 30.3 Å². The van der Waals surface area contributed by atoms with Gasteiger partial charge in [-0.05, 0) is 24.3 Å². The smallest absolute Gasteiger partial charge is 0.405 e. The zero-order valence-electron chi connectivity index (χ0n) is 19.5. The minimum absolute atomic E-state index is 0.0333. The van der Waals surface area contributed by atoms with Crippen LogP contribution in [0.3, 0.4) is 0 Å². The number of hydrogen-bond acceptors (Lipinski definition) is 8. The molecule has 0 bridgehead atoms. The van der Waals surface area contributed by atoms with Crippen molar-refractivity contribution < 1.29 is 36.0 Å². The van der Waals surface area contributed by atoms with E-state index in [0.717, 1.165) is 12.1 Å². The van der Waals surface area contributed by atoms with Crippen molar-refractivity contribution in [2.45, 2.75) is 6.18 Å². The van der Waals surface area contributed by atoms with E-state index in [9.17, 15) is 26.6 Å². The van der Waals surface area contributed by atoms with Crippen molar-refractivity contribution in [1.82, 2.24) is 15.3 Å². The summed E-state index contributed by atoms with van der Waals surface area (Å²) in [6.45, 7) is -1.12. The predicted molar refractivity (Wildman–Crippen MR) is 132 cm³/mol. The van der Waals surface area contributed by atoms with Gasteiger partial charge in [0, 0.05) is 23.0 Å². The van der Waals surface area contributed by atoms with Gasteiger partial charge in [0.05, 0.1) is 50.2 Å². The van der Waals surface area contributed by atoms with Crippen LogP contribution in [-0.2, 0) is 19.3 Å². The molecule has 0 radical (unpaired) electrons. The lowest BCUT2D eigenvalue weighted by Gasteiger charge is -2.49. The average Bonchev–Trinajstić information content (AvgIpc) is 2.79. The molecular formula is C23H20ClF4N5O4S. The first-order valence-electron chi connectivity index (χ1n) is 11.2. The first-order valence-corrected chi connectivity index (χ1v) is 13.4. The summed E-state index contributed by atoms with van der Waals surface area (Å²) in [5, 5.41) is 5.21. The fraction of sp³-hybridized carbons (Fsp3) is 0.348. The molecule has 3 heterocycles. The molecule has 0 aliphatic carbocycles. The van der Waals surface area contributed by atoms with Gasteiger partial charge in [-0.2, -0.15) is 17.5 Å². The largest absolute Gasteiger partial charge is 0.481 e. The molecule has 0 unspecified atom stereocenters. The van der Waals surface area contributed by atoms with Crippen LogP contribution in [0.25, 0.3) is 10.9 Å². The van der Waals surface area contributed by atoms with Crippen LogP contribution in [0.5, 0.6) is 5.75 Å². The van der Waals surface area contributed by atoms with Crippen LogP contribution in [0.2, 0.25) is 5.02 Å². The molecule has 15 heteroatoms. The van der Waals surface area contributed by atoms with E-state index in [1.54, 1.807) is 17.4 Å². The zero-order chi connectivity index (χ0) is 27.1. The Labute approximate surface area is 219 Å². The number of anilines is 2. The Kier molecular flexibility index (Phi) is 6.82. The number of ether oxygens (including phenoxy) is 2. The molecule has 1 amide bonds. The van der Waals surface area contributed by atoms with E-state index in [0.29, 0.717) is 41.3 Å². The van der Waals surface area contributed by atoms with Gasteiger partial charge in [-0.1, -0.05) is 11.6 Å². The van der Waals surface area contributed by atoms with E-state index in [-0.39, 0.29) is 27.7 Å². The number of halogens is 5. The van der Waals surface area contributed by atoms with Gasteiger partial charge in [-0.15, -0.1) is 0 Å². The van der Waals surface area contributed by atoms with Crippen molar-refractivity contribution in [3.05, 3.63) is 47.5 Å². The van der Waals surface area contributed by atoms with Crippen LogP contribution >= 0.6 is 11.6 Å². The van der Waals surface area contributed by atoms with E-state index in [1.807, 2.05) is 0 Å². The van der Waals surface area contributed by atoms with Crippen molar-refractivity contribution in [1.29, 1.82) is 0 Å². The molecule has 0 saturated carbocycles. The van der Waals surface area contributed by atoms with Crippen LogP contribution in [0.15, 0.2) is 41.0 Å². The number of nitrogens with one attached hydrogen (secondary N) is 2. The number of aromatic nitrogens is 2. The summed E-state index contributed by atoms with van der Waals surface area (Å²) >= 11 is 6.53. The molecule has 3 aromatic rings. The van der Waals surface area contributed by atoms with Crippen molar-refractivity contribution in [3.8, 4) is 5.75 Å². The lowest BCUT2D eigenvalue weighted by molar-refractivity contribution is -0.139. The number of amides is 1. The minimum Gasteiger partial charge on any atom is -0.481 e. The summed E-state index contributed by atoms with van der Waals surface area (Å²) in [6, 6.07) is 6.56. The van der Waals surface area contributed by atoms with Gasteiger partial charge in [0.25, 0.3) is 5.91 Å². The Morgan fingerprint density at radius 3 is 2.66 bits per heavy atom. The van der Waals surface area contributed by atoms with E-state index in [1.165, 1.54) is 12.4 Å². The molecule has 2 aromatic carbocycles. The van der Waals surface area contributed by atoms with E-state index >= 15 is 0 Å². The average molecular weight is 574 g/mol. The normalized spacial score (nSPS) is 17.4. The number of carbonyl (C=O) groups is 1. The first-order chi connectivity index (χ1) is 17.9. The van der Waals surface area contributed by atoms with Crippen LogP contribution in [0.1, 0.15) is 0 Å². The monoisotopic (exact) mass is 573 g/mol. The SMILES string of the molecule is O=C(COc1cc(F)ccc1Nc1ncnc2cc(N=S3(=O)CC4(COC4)C3)cc(Cl)c12)NCC(F)(F)F. The third-order valence-electron chi connectivity index (χ3n) is 5.87. The van der Waals surface area contributed by atoms with E-state index in [4.69, 9.17) is 21.1 Å². The summed E-state index contributed by atoms with van der Waals surface area (Å²) in [5.74, 6) is -0.731. The number of hydrogen-bond donors (Lipinski definition) is 2. The number of benzene rings is 2. The fourth-order valence-corrected chi connectivity index (χ4v) is 7.32. The second-order valence-corrected chi connectivity index (χ2v) is 11.8. The highest BCUT2D eigenvalue weighted by atomic mass is 35.5. The maximum atomic E-state index is 13.9. The maximum absolute atomic E-state index is 13.9. The Morgan fingerprint density at radius 1 is 1.21 bits per heavy atom. The molecule has 2 aliphatic rings. The molecule has 202 valence electrons. The molecule has 2 N–H and O–H groups in total. The molecule has 9 nitrogen and oxygen atoms in total. The third-order valence-corrected chi connectivity index (χ3v) is 8.84. The standard InChI is InChI=1S/C23H20ClF4N5O4S/c24-15-4-14(33-38(35)10-22(11-38)8-36-9-22)5-17-20(15)21(31-12-30-17)32-16-2-1-13(25)3-18(16)37-6-19(34)29-7-23(26,27)28/h1-5,12H,6-11H2,(H,29,34)(H,30,31,32). The molecule has 2 saturated heterocycles. The summed E-state index contributed by atoms with van der Waals surface area (Å²) in [5.41, 5.74) is 0.941. The Bertz CT molecular complexity index is 1530. The Morgan fingerprint density at radius 2 is 1.97 bits per heavy atom. The van der Waals surface area contributed by atoms with Gasteiger partial charge < -0.3 is 20.1 Å². The second kappa shape index (κ2) is 9.82. The minimum atomic E-state index is -4.58. The summed E-state index contributed by atoms with van der Waals surface area (Å²) in [4.78, 5) is 20.1. The fourth-order valence-electron chi connectivity index (χ4n) is 4.24. The van der Waals surface area contributed by atoms with Gasteiger partial charge in [-0.25, -0.2) is 18.6 Å². The molecule has 1 aromatic heterocycles. The summed E-state index contributed by atoms with van der Waals surface area (Å²) in [7, 11) is -2.41. The van der Waals surface area contributed by atoms with Crippen LogP contribution in [0.4, 0.5) is 34.8 Å². The number of rotatable bonds is 7. The molecule has 5 rings (SSSR count). The van der Waals surface area contributed by atoms with E-state index < -0.39 is 40.8 Å². The molecule has 2 aliphatic heterocycles. The van der Waals surface area contributed by atoms with Gasteiger partial charge in [0.2, 0.25) is 0 Å². The van der Waals surface area contributed by atoms with Gasteiger partial charge >= 0.3 is 6.18 Å². The quantitative estimate of drug-likeness (QED) is 0.404. The molecule has 2 fully saturated rings. The number of fused-ring (bicyclic) bond motifs is 1. The summed E-state index contributed by atoms with van der Waals surface area (Å²) < 4.78 is 78.7. The predicted octanol–water partition coefficient (Wildman–Crippen LogP) is 4.35. The van der Waals surface area contributed by atoms with Crippen molar-refractivity contribution in [2.24, 2.45) is 9.78 Å². The first kappa shape index (κ1) is 26.4. The van der Waals surface area contributed by atoms with Gasteiger partial charge in [-0.3, -0.25) is 4.79 Å². The van der Waals surface area contributed by atoms with Crippen LogP contribution in [0, 0.1) is 11.2 Å². The number of carbonyl (C=O) groups excluding carboxylic acids is 1. The van der Waals surface area contributed by atoms with Crippen molar-refractivity contribution in [3.63, 3.8) is 0 Å². The lowest BCUT2D eigenvalue weighted by atomic mass is 9.90. The summed E-state index contributed by atoms with van der Waals surface area (Å²) in [6.07, 6.45) is -3.33. The number of nitrogens with zero attached hydrogens (tertiary/aromatic N) is 3. The molecular weight excluding hydrogens is 554 g/mol. The highest BCUT2D eigenvalue weighted by Gasteiger charge is 2.52.